The van der Waals surface area contributed by atoms with E-state index in [1.54, 1.807) is 17.4 Å². The van der Waals surface area contributed by atoms with E-state index in [1.165, 1.54) is 0 Å². The third kappa shape index (κ3) is 2.38. The lowest BCUT2D eigenvalue weighted by Crippen LogP contribution is -2.11. The van der Waals surface area contributed by atoms with Gasteiger partial charge in [-0.15, -0.1) is 0 Å². The second-order valence-electron chi connectivity index (χ2n) is 4.53. The molecule has 5 heteroatoms. The van der Waals surface area contributed by atoms with Gasteiger partial charge in [0.25, 0.3) is 0 Å². The first-order chi connectivity index (χ1) is 9.74. The van der Waals surface area contributed by atoms with Crippen molar-refractivity contribution in [2.45, 2.75) is 0 Å². The molecule has 3 rings (SSSR count). The molecule has 0 amide bonds. The van der Waals surface area contributed by atoms with Gasteiger partial charge < -0.3 is 4.57 Å². The number of hydrogen-bond donors (Lipinski definition) is 0. The Kier molecular flexibility index (Phi) is 3.16. The Balaban J connectivity index is 1.87. The van der Waals surface area contributed by atoms with Crippen molar-refractivity contribution in [2.24, 2.45) is 12.1 Å². The van der Waals surface area contributed by atoms with Gasteiger partial charge in [0.05, 0.1) is 29.1 Å². The molecule has 0 saturated carbocycles. The molecule has 2 heterocycles. The van der Waals surface area contributed by atoms with Gasteiger partial charge in [0.1, 0.15) is 0 Å². The normalized spacial score (nSPS) is 11.3. The minimum Gasteiger partial charge on any atom is -0.350 e. The Bertz CT molecular complexity index is 760. The molecule has 0 aliphatic rings. The summed E-state index contributed by atoms with van der Waals surface area (Å²) in [4.78, 5) is 8.92. The van der Waals surface area contributed by atoms with Crippen molar-refractivity contribution in [3.8, 4) is 0 Å². The predicted octanol–water partition coefficient (Wildman–Crippen LogP) is 2.44. The summed E-state index contributed by atoms with van der Waals surface area (Å²) in [6, 6.07) is 11.8. The molecular formula is C15H15N5. The molecule has 0 N–H and O–H groups in total. The molecule has 0 bridgehead atoms. The van der Waals surface area contributed by atoms with E-state index in [9.17, 15) is 0 Å². The first-order valence-corrected chi connectivity index (χ1v) is 6.35. The van der Waals surface area contributed by atoms with Crippen LogP contribution >= 0.6 is 0 Å². The number of para-hydroxylation sites is 2. The number of anilines is 1. The maximum absolute atomic E-state index is 4.54. The zero-order valence-corrected chi connectivity index (χ0v) is 11.4. The van der Waals surface area contributed by atoms with Crippen molar-refractivity contribution in [3.05, 3.63) is 54.5 Å². The Morgan fingerprint density at radius 3 is 2.70 bits per heavy atom. The van der Waals surface area contributed by atoms with Gasteiger partial charge in [-0.05, 0) is 24.3 Å². The van der Waals surface area contributed by atoms with Crippen molar-refractivity contribution in [1.29, 1.82) is 0 Å². The number of benzene rings is 1. The maximum Gasteiger partial charge on any atom is 0.167 e. The van der Waals surface area contributed by atoms with Crippen LogP contribution in [0.4, 0.5) is 5.82 Å². The van der Waals surface area contributed by atoms with Crippen LogP contribution in [0.25, 0.3) is 11.0 Å². The van der Waals surface area contributed by atoms with Gasteiger partial charge in [0.2, 0.25) is 0 Å². The van der Waals surface area contributed by atoms with Gasteiger partial charge >= 0.3 is 0 Å². The quantitative estimate of drug-likeness (QED) is 0.540. The van der Waals surface area contributed by atoms with Crippen LogP contribution in [0.2, 0.25) is 0 Å². The highest BCUT2D eigenvalue weighted by Gasteiger charge is 2.03. The molecule has 5 nitrogen and oxygen atoms in total. The number of nitrogens with zero attached hydrogens (tertiary/aromatic N) is 5. The molecule has 2 aromatic heterocycles. The first-order valence-electron chi connectivity index (χ1n) is 6.35. The van der Waals surface area contributed by atoms with E-state index in [0.29, 0.717) is 5.82 Å². The SMILES string of the molecule is CN(/N=C\c1cccn1C)c1cnc2ccccc2n1. The highest BCUT2D eigenvalue weighted by Crippen LogP contribution is 2.14. The third-order valence-corrected chi connectivity index (χ3v) is 3.11. The average Bonchev–Trinajstić information content (AvgIpc) is 2.89. The van der Waals surface area contributed by atoms with Gasteiger partial charge in [-0.3, -0.25) is 4.98 Å². The van der Waals surface area contributed by atoms with Crippen molar-refractivity contribution >= 4 is 23.1 Å². The summed E-state index contributed by atoms with van der Waals surface area (Å²) >= 11 is 0. The van der Waals surface area contributed by atoms with E-state index < -0.39 is 0 Å². The van der Waals surface area contributed by atoms with E-state index in [2.05, 4.69) is 15.1 Å². The first kappa shape index (κ1) is 12.3. The lowest BCUT2D eigenvalue weighted by molar-refractivity contribution is 0.912. The zero-order valence-electron chi connectivity index (χ0n) is 11.4. The van der Waals surface area contributed by atoms with Gasteiger partial charge in [-0.25, -0.2) is 9.99 Å². The van der Waals surface area contributed by atoms with Crippen LogP contribution in [-0.4, -0.2) is 27.8 Å². The molecule has 0 saturated heterocycles. The number of aryl methyl sites for hydroxylation is 1. The summed E-state index contributed by atoms with van der Waals surface area (Å²) in [5.41, 5.74) is 2.78. The summed E-state index contributed by atoms with van der Waals surface area (Å²) in [6.45, 7) is 0. The standard InChI is InChI=1S/C15H15N5/c1-19-9-5-6-12(19)10-17-20(2)15-11-16-13-7-3-4-8-14(13)18-15/h3-11H,1-2H3/b17-10-. The van der Waals surface area contributed by atoms with E-state index >= 15 is 0 Å². The van der Waals surface area contributed by atoms with Gasteiger partial charge in [-0.1, -0.05) is 12.1 Å². The van der Waals surface area contributed by atoms with Gasteiger partial charge in [0.15, 0.2) is 5.82 Å². The van der Waals surface area contributed by atoms with Crippen LogP contribution in [0.1, 0.15) is 5.69 Å². The van der Waals surface area contributed by atoms with E-state index in [1.807, 2.05) is 61.3 Å². The third-order valence-electron chi connectivity index (χ3n) is 3.11. The summed E-state index contributed by atoms with van der Waals surface area (Å²) in [7, 11) is 3.84. The molecule has 0 unspecified atom stereocenters. The van der Waals surface area contributed by atoms with Crippen LogP contribution in [0.5, 0.6) is 0 Å². The van der Waals surface area contributed by atoms with Crippen LogP contribution < -0.4 is 5.01 Å². The summed E-state index contributed by atoms with van der Waals surface area (Å²) in [6.07, 6.45) is 5.51. The molecule has 0 aliphatic carbocycles. The number of hydrogen-bond acceptors (Lipinski definition) is 4. The lowest BCUT2D eigenvalue weighted by atomic mass is 10.3. The summed E-state index contributed by atoms with van der Waals surface area (Å²) < 4.78 is 2.00. The summed E-state index contributed by atoms with van der Waals surface area (Å²) in [5, 5.41) is 6.10. The minimum absolute atomic E-state index is 0.717. The maximum atomic E-state index is 4.54. The van der Waals surface area contributed by atoms with E-state index in [0.717, 1.165) is 16.7 Å². The van der Waals surface area contributed by atoms with E-state index in [-0.39, 0.29) is 0 Å². The van der Waals surface area contributed by atoms with Crippen molar-refractivity contribution < 1.29 is 0 Å². The van der Waals surface area contributed by atoms with Crippen LogP contribution in [-0.2, 0) is 7.05 Å². The number of fused-ring (bicyclic) bond motifs is 1. The molecule has 3 aromatic rings. The summed E-state index contributed by atoms with van der Waals surface area (Å²) in [5.74, 6) is 0.717. The Morgan fingerprint density at radius 1 is 1.15 bits per heavy atom. The minimum atomic E-state index is 0.717. The fourth-order valence-corrected chi connectivity index (χ4v) is 1.92. The second-order valence-corrected chi connectivity index (χ2v) is 4.53. The molecule has 0 radical (unpaired) electrons. The Morgan fingerprint density at radius 2 is 1.95 bits per heavy atom. The largest absolute Gasteiger partial charge is 0.350 e. The molecule has 100 valence electrons. The molecule has 1 aromatic carbocycles. The molecule has 0 aliphatic heterocycles. The molecular weight excluding hydrogens is 250 g/mol. The highest BCUT2D eigenvalue weighted by atomic mass is 15.5. The van der Waals surface area contributed by atoms with Gasteiger partial charge in [0, 0.05) is 20.3 Å². The molecule has 0 spiro atoms. The van der Waals surface area contributed by atoms with Crippen molar-refractivity contribution in [1.82, 2.24) is 14.5 Å². The number of rotatable bonds is 3. The number of aromatic nitrogens is 3. The van der Waals surface area contributed by atoms with Gasteiger partial charge in [-0.2, -0.15) is 5.10 Å². The molecule has 0 atom stereocenters. The van der Waals surface area contributed by atoms with Crippen LogP contribution in [0, 0.1) is 0 Å². The van der Waals surface area contributed by atoms with Crippen LogP contribution in [0.3, 0.4) is 0 Å². The van der Waals surface area contributed by atoms with Crippen LogP contribution in [0.15, 0.2) is 53.9 Å². The highest BCUT2D eigenvalue weighted by molar-refractivity contribution is 5.79. The smallest absolute Gasteiger partial charge is 0.167 e. The second kappa shape index (κ2) is 5.13. The monoisotopic (exact) mass is 265 g/mol. The Labute approximate surface area is 117 Å². The fraction of sp³-hybridized carbons (Fsp3) is 0.133. The van der Waals surface area contributed by atoms with Crippen molar-refractivity contribution in [2.75, 3.05) is 12.1 Å². The topological polar surface area (TPSA) is 46.3 Å². The van der Waals surface area contributed by atoms with E-state index in [4.69, 9.17) is 0 Å². The average molecular weight is 265 g/mol. The fourth-order valence-electron chi connectivity index (χ4n) is 1.92. The Hall–Kier alpha value is -2.69. The predicted molar refractivity (Wildman–Crippen MR) is 80.9 cm³/mol. The molecule has 20 heavy (non-hydrogen) atoms. The molecule has 0 fully saturated rings. The van der Waals surface area contributed by atoms with Crippen molar-refractivity contribution in [3.63, 3.8) is 0 Å². The number of hydrazone groups is 1. The lowest BCUT2D eigenvalue weighted by Gasteiger charge is -2.11. The zero-order chi connectivity index (χ0) is 13.9.